The lowest BCUT2D eigenvalue weighted by Crippen LogP contribution is -2.37. The molecule has 1 heterocycles. The van der Waals surface area contributed by atoms with Crippen LogP contribution in [0.5, 0.6) is 0 Å². The highest BCUT2D eigenvalue weighted by molar-refractivity contribution is 5.04. The number of nitrogens with zero attached hydrogens (tertiary/aromatic N) is 2. The van der Waals surface area contributed by atoms with Gasteiger partial charge in [-0.3, -0.25) is 0 Å². The molecule has 102 valence electrons. The van der Waals surface area contributed by atoms with Crippen molar-refractivity contribution in [3.05, 3.63) is 0 Å². The van der Waals surface area contributed by atoms with Crippen LogP contribution in [0, 0.1) is 22.2 Å². The Kier molecular flexibility index (Phi) is 4.33. The molecule has 0 aromatic rings. The van der Waals surface area contributed by atoms with E-state index >= 15 is 0 Å². The summed E-state index contributed by atoms with van der Waals surface area (Å²) in [5, 5.41) is 9.18. The summed E-state index contributed by atoms with van der Waals surface area (Å²) in [4.78, 5) is 2.62. The number of unbranched alkanes of at least 4 members (excludes halogenated alkanes) is 1. The summed E-state index contributed by atoms with van der Waals surface area (Å²) >= 11 is 0. The molecule has 18 heavy (non-hydrogen) atoms. The van der Waals surface area contributed by atoms with Crippen LogP contribution >= 0.6 is 0 Å². The molecule has 0 unspecified atom stereocenters. The number of hydrogen-bond acceptors (Lipinski definition) is 2. The molecule has 1 aliphatic heterocycles. The maximum Gasteiger partial charge on any atom is 0.0689 e. The SMILES string of the molecule is CC1(C)CCN(CCCCC2(C#N)CCC2)CC1. The van der Waals surface area contributed by atoms with Crippen LogP contribution < -0.4 is 0 Å². The molecule has 1 aliphatic carbocycles. The molecular formula is C16H28N2. The van der Waals surface area contributed by atoms with E-state index in [0.29, 0.717) is 5.41 Å². The Hall–Kier alpha value is -0.550. The highest BCUT2D eigenvalue weighted by atomic mass is 15.1. The fourth-order valence-electron chi connectivity index (χ4n) is 3.20. The van der Waals surface area contributed by atoms with Crippen LogP contribution in [-0.2, 0) is 0 Å². The molecule has 0 aromatic heterocycles. The summed E-state index contributed by atoms with van der Waals surface area (Å²) < 4.78 is 0. The first-order valence-corrected chi connectivity index (χ1v) is 7.69. The van der Waals surface area contributed by atoms with Crippen LogP contribution in [0.25, 0.3) is 0 Å². The van der Waals surface area contributed by atoms with Gasteiger partial charge in [0.15, 0.2) is 0 Å². The maximum absolute atomic E-state index is 9.18. The van der Waals surface area contributed by atoms with E-state index in [9.17, 15) is 5.26 Å². The van der Waals surface area contributed by atoms with E-state index in [1.54, 1.807) is 0 Å². The van der Waals surface area contributed by atoms with E-state index in [2.05, 4.69) is 24.8 Å². The summed E-state index contributed by atoms with van der Waals surface area (Å²) in [6.07, 6.45) is 9.93. The number of rotatable bonds is 5. The van der Waals surface area contributed by atoms with Gasteiger partial charge >= 0.3 is 0 Å². The van der Waals surface area contributed by atoms with E-state index in [1.165, 1.54) is 51.7 Å². The third-order valence-electron chi connectivity index (χ3n) is 5.14. The van der Waals surface area contributed by atoms with Gasteiger partial charge in [0, 0.05) is 0 Å². The number of likely N-dealkylation sites (tertiary alicyclic amines) is 1. The van der Waals surface area contributed by atoms with Gasteiger partial charge in [-0.15, -0.1) is 0 Å². The van der Waals surface area contributed by atoms with Crippen molar-refractivity contribution in [2.24, 2.45) is 10.8 Å². The van der Waals surface area contributed by atoms with Crippen LogP contribution in [0.1, 0.15) is 65.2 Å². The predicted octanol–water partition coefficient (Wildman–Crippen LogP) is 3.97. The second kappa shape index (κ2) is 5.61. The topological polar surface area (TPSA) is 27.0 Å². The average molecular weight is 248 g/mol. The first-order valence-electron chi connectivity index (χ1n) is 7.69. The Bertz CT molecular complexity index is 300. The Balaban J connectivity index is 1.58. The Morgan fingerprint density at radius 1 is 1.06 bits per heavy atom. The van der Waals surface area contributed by atoms with Crippen molar-refractivity contribution >= 4 is 0 Å². The van der Waals surface area contributed by atoms with Crippen molar-refractivity contribution in [2.75, 3.05) is 19.6 Å². The zero-order valence-electron chi connectivity index (χ0n) is 12.2. The number of piperidine rings is 1. The van der Waals surface area contributed by atoms with E-state index in [1.807, 2.05) is 0 Å². The average Bonchev–Trinajstić information content (AvgIpc) is 2.29. The van der Waals surface area contributed by atoms with Crippen LogP contribution in [0.3, 0.4) is 0 Å². The molecule has 0 spiro atoms. The molecule has 1 saturated heterocycles. The lowest BCUT2D eigenvalue weighted by Gasteiger charge is -2.37. The number of nitriles is 1. The molecule has 2 aliphatic rings. The van der Waals surface area contributed by atoms with Crippen molar-refractivity contribution in [3.8, 4) is 6.07 Å². The highest BCUT2D eigenvalue weighted by Gasteiger charge is 2.36. The van der Waals surface area contributed by atoms with Crippen LogP contribution in [0.2, 0.25) is 0 Å². The fraction of sp³-hybridized carbons (Fsp3) is 0.938. The molecule has 0 amide bonds. The van der Waals surface area contributed by atoms with Gasteiger partial charge in [-0.05, 0) is 63.6 Å². The minimum Gasteiger partial charge on any atom is -0.303 e. The second-order valence-electron chi connectivity index (χ2n) is 7.21. The Morgan fingerprint density at radius 2 is 1.72 bits per heavy atom. The highest BCUT2D eigenvalue weighted by Crippen LogP contribution is 2.44. The van der Waals surface area contributed by atoms with Crippen LogP contribution in [-0.4, -0.2) is 24.5 Å². The quantitative estimate of drug-likeness (QED) is 0.688. The smallest absolute Gasteiger partial charge is 0.0689 e. The molecule has 2 nitrogen and oxygen atoms in total. The normalized spacial score (nSPS) is 26.3. The van der Waals surface area contributed by atoms with Crippen LogP contribution in [0.4, 0.5) is 0 Å². The molecule has 1 saturated carbocycles. The molecular weight excluding hydrogens is 220 g/mol. The third-order valence-corrected chi connectivity index (χ3v) is 5.14. The van der Waals surface area contributed by atoms with Gasteiger partial charge in [0.1, 0.15) is 0 Å². The van der Waals surface area contributed by atoms with Gasteiger partial charge in [0.05, 0.1) is 11.5 Å². The lowest BCUT2D eigenvalue weighted by atomic mass is 9.67. The van der Waals surface area contributed by atoms with Crippen molar-refractivity contribution in [3.63, 3.8) is 0 Å². The first-order chi connectivity index (χ1) is 8.55. The summed E-state index contributed by atoms with van der Waals surface area (Å²) in [6, 6.07) is 2.55. The van der Waals surface area contributed by atoms with E-state index in [4.69, 9.17) is 0 Å². The van der Waals surface area contributed by atoms with Gasteiger partial charge < -0.3 is 4.90 Å². The standard InChI is InChI=1S/C16H28N2/c1-15(2)9-12-18(13-10-15)11-4-3-6-16(14-17)7-5-8-16/h3-13H2,1-2H3. The first kappa shape index (κ1) is 13.9. The van der Waals surface area contributed by atoms with Gasteiger partial charge in [-0.25, -0.2) is 0 Å². The van der Waals surface area contributed by atoms with Gasteiger partial charge in [-0.1, -0.05) is 26.7 Å². The van der Waals surface area contributed by atoms with E-state index in [0.717, 1.165) is 19.3 Å². The van der Waals surface area contributed by atoms with E-state index < -0.39 is 0 Å². The van der Waals surface area contributed by atoms with E-state index in [-0.39, 0.29) is 5.41 Å². The summed E-state index contributed by atoms with van der Waals surface area (Å²) in [5.74, 6) is 0. The zero-order valence-corrected chi connectivity index (χ0v) is 12.2. The van der Waals surface area contributed by atoms with Gasteiger partial charge in [-0.2, -0.15) is 5.26 Å². The van der Waals surface area contributed by atoms with Crippen molar-refractivity contribution in [2.45, 2.75) is 65.2 Å². The molecule has 0 radical (unpaired) electrons. The van der Waals surface area contributed by atoms with Crippen molar-refractivity contribution in [1.29, 1.82) is 5.26 Å². The molecule has 0 atom stereocenters. The fourth-order valence-corrected chi connectivity index (χ4v) is 3.20. The zero-order chi connectivity index (χ0) is 13.1. The predicted molar refractivity (Wildman–Crippen MR) is 75.2 cm³/mol. The molecule has 0 N–H and O–H groups in total. The molecule has 2 fully saturated rings. The van der Waals surface area contributed by atoms with Crippen LogP contribution in [0.15, 0.2) is 0 Å². The lowest BCUT2D eigenvalue weighted by molar-refractivity contribution is 0.127. The van der Waals surface area contributed by atoms with Crippen molar-refractivity contribution in [1.82, 2.24) is 4.90 Å². The molecule has 2 rings (SSSR count). The largest absolute Gasteiger partial charge is 0.303 e. The van der Waals surface area contributed by atoms with Crippen molar-refractivity contribution < 1.29 is 0 Å². The molecule has 2 heteroatoms. The van der Waals surface area contributed by atoms with Gasteiger partial charge in [0.25, 0.3) is 0 Å². The summed E-state index contributed by atoms with van der Waals surface area (Å²) in [7, 11) is 0. The minimum atomic E-state index is 0.0872. The summed E-state index contributed by atoms with van der Waals surface area (Å²) in [6.45, 7) is 8.57. The Labute approximate surface area is 112 Å². The monoisotopic (exact) mass is 248 g/mol. The molecule has 0 bridgehead atoms. The number of hydrogen-bond donors (Lipinski definition) is 0. The molecule has 0 aromatic carbocycles. The summed E-state index contributed by atoms with van der Waals surface area (Å²) in [5.41, 5.74) is 0.650. The van der Waals surface area contributed by atoms with Gasteiger partial charge in [0.2, 0.25) is 0 Å². The maximum atomic E-state index is 9.18. The Morgan fingerprint density at radius 3 is 2.22 bits per heavy atom. The minimum absolute atomic E-state index is 0.0872. The second-order valence-corrected chi connectivity index (χ2v) is 7.21. The third kappa shape index (κ3) is 3.48.